The summed E-state index contributed by atoms with van der Waals surface area (Å²) in [6, 6.07) is 21.7. The summed E-state index contributed by atoms with van der Waals surface area (Å²) in [6.07, 6.45) is 0. The molecule has 32 heavy (non-hydrogen) atoms. The molecule has 0 aliphatic rings. The average molecular weight is 533 g/mol. The smallest absolute Gasteiger partial charge is 0.478 e. The first-order valence-corrected chi connectivity index (χ1v) is 11.6. The molecule has 0 spiro atoms. The first-order valence-electron chi connectivity index (χ1n) is 9.03. The van der Waals surface area contributed by atoms with Crippen LogP contribution < -0.4 is 5.46 Å². The van der Waals surface area contributed by atoms with Gasteiger partial charge in [-0.05, 0) is 39.1 Å². The van der Waals surface area contributed by atoms with Crippen molar-refractivity contribution < 1.29 is 29.9 Å². The molecule has 0 atom stereocenters. The van der Waals surface area contributed by atoms with Gasteiger partial charge in [0, 0.05) is 15.6 Å². The van der Waals surface area contributed by atoms with Crippen molar-refractivity contribution in [2.75, 3.05) is 0 Å². The van der Waals surface area contributed by atoms with Crippen LogP contribution in [0.3, 0.4) is 0 Å². The SMILES string of the molecule is O=C(O)c1csc(-c2ccccc2)c1.O=C(O)c1csc(Br)c1.OB(O)c1ccccc1. The maximum atomic E-state index is 10.7. The lowest BCUT2D eigenvalue weighted by molar-refractivity contribution is 0.0686. The number of hydrogen-bond acceptors (Lipinski definition) is 6. The van der Waals surface area contributed by atoms with Gasteiger partial charge in [0.05, 0.1) is 14.9 Å². The molecule has 4 rings (SSSR count). The quantitative estimate of drug-likeness (QED) is 0.283. The fourth-order valence-corrected chi connectivity index (χ4v) is 4.27. The van der Waals surface area contributed by atoms with Gasteiger partial charge in [0.25, 0.3) is 0 Å². The minimum atomic E-state index is -1.34. The second kappa shape index (κ2) is 12.9. The molecule has 0 fully saturated rings. The molecule has 164 valence electrons. The highest BCUT2D eigenvalue weighted by atomic mass is 79.9. The van der Waals surface area contributed by atoms with Crippen molar-refractivity contribution in [1.82, 2.24) is 0 Å². The Morgan fingerprint density at radius 1 is 0.750 bits per heavy atom. The molecule has 2 heterocycles. The molecule has 0 saturated heterocycles. The van der Waals surface area contributed by atoms with Crippen molar-refractivity contribution in [3.05, 3.63) is 98.5 Å². The predicted molar refractivity (Wildman–Crippen MR) is 132 cm³/mol. The third-order valence-electron chi connectivity index (χ3n) is 3.82. The number of thiophene rings is 2. The van der Waals surface area contributed by atoms with Gasteiger partial charge >= 0.3 is 19.1 Å². The van der Waals surface area contributed by atoms with Gasteiger partial charge in [0.2, 0.25) is 0 Å². The van der Waals surface area contributed by atoms with Crippen LogP contribution in [0.1, 0.15) is 20.7 Å². The molecule has 0 radical (unpaired) electrons. The molecule has 4 N–H and O–H groups in total. The number of benzene rings is 2. The van der Waals surface area contributed by atoms with E-state index >= 15 is 0 Å². The maximum absolute atomic E-state index is 10.7. The van der Waals surface area contributed by atoms with Crippen LogP contribution in [-0.2, 0) is 0 Å². The van der Waals surface area contributed by atoms with Gasteiger partial charge in [-0.3, -0.25) is 0 Å². The molecule has 2 aromatic heterocycles. The van der Waals surface area contributed by atoms with E-state index < -0.39 is 19.1 Å². The zero-order valence-corrected chi connectivity index (χ0v) is 19.7. The number of rotatable bonds is 4. The zero-order chi connectivity index (χ0) is 23.5. The van der Waals surface area contributed by atoms with E-state index in [1.165, 1.54) is 22.7 Å². The standard InChI is InChI=1S/C11H8O2S.C6H7BO2.C5H3BrO2S/c12-11(13)9-6-10(14-7-9)8-4-2-1-3-5-8;8-7(9)6-4-2-1-3-5-6;6-4-1-3(2-9-4)5(7)8/h1-7H,(H,12,13);1-5,8-9H;1-2H,(H,7,8). The lowest BCUT2D eigenvalue weighted by atomic mass is 9.81. The Labute approximate surface area is 201 Å². The zero-order valence-electron chi connectivity index (χ0n) is 16.5. The lowest BCUT2D eigenvalue weighted by Crippen LogP contribution is -2.29. The minimum Gasteiger partial charge on any atom is -0.478 e. The van der Waals surface area contributed by atoms with Gasteiger partial charge in [-0.25, -0.2) is 9.59 Å². The molecule has 0 aliphatic carbocycles. The van der Waals surface area contributed by atoms with Gasteiger partial charge in [0.15, 0.2) is 0 Å². The molecule has 0 amide bonds. The Morgan fingerprint density at radius 3 is 1.62 bits per heavy atom. The van der Waals surface area contributed by atoms with Crippen LogP contribution in [0.2, 0.25) is 0 Å². The van der Waals surface area contributed by atoms with E-state index in [0.717, 1.165) is 14.2 Å². The van der Waals surface area contributed by atoms with Crippen molar-refractivity contribution in [1.29, 1.82) is 0 Å². The Morgan fingerprint density at radius 2 is 1.25 bits per heavy atom. The van der Waals surface area contributed by atoms with E-state index in [1.54, 1.807) is 47.2 Å². The maximum Gasteiger partial charge on any atom is 0.488 e. The van der Waals surface area contributed by atoms with Crippen molar-refractivity contribution in [2.24, 2.45) is 0 Å². The largest absolute Gasteiger partial charge is 0.488 e. The van der Waals surface area contributed by atoms with Crippen LogP contribution >= 0.6 is 38.6 Å². The van der Waals surface area contributed by atoms with Crippen molar-refractivity contribution >= 4 is 63.1 Å². The Hall–Kier alpha value is -2.76. The van der Waals surface area contributed by atoms with Crippen molar-refractivity contribution in [3.63, 3.8) is 0 Å². The summed E-state index contributed by atoms with van der Waals surface area (Å²) in [5.74, 6) is -1.75. The van der Waals surface area contributed by atoms with Crippen LogP contribution in [-0.4, -0.2) is 39.3 Å². The van der Waals surface area contributed by atoms with Gasteiger partial charge in [0.1, 0.15) is 0 Å². The topological polar surface area (TPSA) is 115 Å². The van der Waals surface area contributed by atoms with E-state index in [2.05, 4.69) is 15.9 Å². The molecule has 0 aliphatic heterocycles. The van der Waals surface area contributed by atoms with E-state index in [4.69, 9.17) is 20.3 Å². The fourth-order valence-electron chi connectivity index (χ4n) is 2.25. The summed E-state index contributed by atoms with van der Waals surface area (Å²) in [4.78, 5) is 21.8. The summed E-state index contributed by atoms with van der Waals surface area (Å²) >= 11 is 5.97. The normalized spacial score (nSPS) is 9.59. The number of carbonyl (C=O) groups is 2. The molecule has 6 nitrogen and oxygen atoms in total. The monoisotopic (exact) mass is 532 g/mol. The first kappa shape index (κ1) is 25.5. The van der Waals surface area contributed by atoms with Crippen LogP contribution in [0.4, 0.5) is 0 Å². The summed E-state index contributed by atoms with van der Waals surface area (Å²) in [7, 11) is -1.34. The van der Waals surface area contributed by atoms with Crippen molar-refractivity contribution in [3.8, 4) is 10.4 Å². The number of carboxylic acid groups (broad SMARTS) is 2. The third kappa shape index (κ3) is 8.41. The lowest BCUT2D eigenvalue weighted by Gasteiger charge is -1.94. The number of hydrogen-bond donors (Lipinski definition) is 4. The van der Waals surface area contributed by atoms with Crippen LogP contribution in [0.15, 0.2) is 87.3 Å². The Kier molecular flexibility index (Phi) is 10.3. The predicted octanol–water partition coefficient (Wildman–Crippen LogP) is 4.69. The summed E-state index contributed by atoms with van der Waals surface area (Å²) < 4.78 is 0.847. The molecule has 10 heteroatoms. The molecular weight excluding hydrogens is 515 g/mol. The van der Waals surface area contributed by atoms with E-state index in [9.17, 15) is 9.59 Å². The van der Waals surface area contributed by atoms with Crippen LogP contribution in [0, 0.1) is 0 Å². The first-order chi connectivity index (χ1) is 15.3. The molecule has 0 saturated carbocycles. The van der Waals surface area contributed by atoms with E-state index in [1.807, 2.05) is 36.4 Å². The molecule has 4 aromatic rings. The second-order valence-electron chi connectivity index (χ2n) is 6.10. The number of aromatic carboxylic acids is 2. The highest BCUT2D eigenvalue weighted by Crippen LogP contribution is 2.26. The van der Waals surface area contributed by atoms with Gasteiger partial charge in [-0.15, -0.1) is 22.7 Å². The number of carboxylic acids is 2. The van der Waals surface area contributed by atoms with Crippen LogP contribution in [0.25, 0.3) is 10.4 Å². The molecule has 0 unspecified atom stereocenters. The van der Waals surface area contributed by atoms with Gasteiger partial charge < -0.3 is 20.3 Å². The summed E-state index contributed by atoms with van der Waals surface area (Å²) in [5.41, 5.74) is 2.28. The van der Waals surface area contributed by atoms with E-state index in [-0.39, 0.29) is 0 Å². The molecule has 0 bridgehead atoms. The second-order valence-corrected chi connectivity index (χ2v) is 9.30. The van der Waals surface area contributed by atoms with Crippen LogP contribution in [0.5, 0.6) is 0 Å². The van der Waals surface area contributed by atoms with Crippen molar-refractivity contribution in [2.45, 2.75) is 0 Å². The highest BCUT2D eigenvalue weighted by molar-refractivity contribution is 9.11. The van der Waals surface area contributed by atoms with Gasteiger partial charge in [-0.2, -0.15) is 0 Å². The third-order valence-corrected chi connectivity index (χ3v) is 6.30. The fraction of sp³-hybridized carbons (Fsp3) is 0. The molecule has 2 aromatic carbocycles. The summed E-state index contributed by atoms with van der Waals surface area (Å²) in [5, 5.41) is 37.5. The number of halogens is 1. The van der Waals surface area contributed by atoms with E-state index in [0.29, 0.717) is 16.6 Å². The summed E-state index contributed by atoms with van der Waals surface area (Å²) in [6.45, 7) is 0. The highest BCUT2D eigenvalue weighted by Gasteiger charge is 2.08. The Balaban J connectivity index is 0.000000178. The Bertz CT molecular complexity index is 1130. The van der Waals surface area contributed by atoms with Gasteiger partial charge in [-0.1, -0.05) is 60.7 Å². The average Bonchev–Trinajstić information content (AvgIpc) is 3.46. The minimum absolute atomic E-state index is 0.340. The molecular formula is C22H18BBrO6S2.